The average molecular weight is 289 g/mol. The maximum absolute atomic E-state index is 5.50. The summed E-state index contributed by atoms with van der Waals surface area (Å²) in [5.74, 6) is 0. The first-order valence-corrected chi connectivity index (χ1v) is 9.86. The number of nitrogens with zero attached hydrogens (tertiary/aromatic N) is 1. The molecule has 88 valence electrons. The molecular weight excluding hydrogens is 276 g/mol. The highest BCUT2D eigenvalue weighted by Crippen LogP contribution is 2.80. The zero-order valence-electron chi connectivity index (χ0n) is 8.33. The van der Waals surface area contributed by atoms with Gasteiger partial charge in [0.15, 0.2) is 0 Å². The summed E-state index contributed by atoms with van der Waals surface area (Å²) in [4.78, 5) is 0. The van der Waals surface area contributed by atoms with E-state index in [1.165, 1.54) is 0 Å². The topological polar surface area (TPSA) is 40.2 Å². The molecule has 0 atom stereocenters. The fourth-order valence-corrected chi connectivity index (χ4v) is 9.46. The summed E-state index contributed by atoms with van der Waals surface area (Å²) in [7, 11) is -4.87. The van der Waals surface area contributed by atoms with E-state index in [0.717, 1.165) is 0 Å². The van der Waals surface area contributed by atoms with E-state index in [0.29, 0.717) is 33.0 Å². The van der Waals surface area contributed by atoms with Gasteiger partial charge in [-0.25, -0.2) is 18.1 Å². The molecule has 0 spiro atoms. The van der Waals surface area contributed by atoms with E-state index in [4.69, 9.17) is 42.6 Å². The summed E-state index contributed by atoms with van der Waals surface area (Å²) in [6.07, 6.45) is 0. The Bertz CT molecular complexity index is 213. The van der Waals surface area contributed by atoms with Gasteiger partial charge in [-0.05, 0) is 6.92 Å². The number of hydrogen-bond donors (Lipinski definition) is 0. The Morgan fingerprint density at radius 3 is 1.53 bits per heavy atom. The van der Waals surface area contributed by atoms with Gasteiger partial charge in [0.2, 0.25) is 0 Å². The molecule has 2 aliphatic rings. The Kier molecular flexibility index (Phi) is 4.21. The summed E-state index contributed by atoms with van der Waals surface area (Å²) >= 11 is 10.8. The molecular formula is C6H13NO4P2S2. The van der Waals surface area contributed by atoms with Crippen molar-refractivity contribution in [1.82, 2.24) is 4.44 Å². The second-order valence-corrected chi connectivity index (χ2v) is 9.92. The summed E-state index contributed by atoms with van der Waals surface area (Å²) in [6.45, 7) is 4.71. The molecule has 2 saturated heterocycles. The average Bonchev–Trinajstić information content (AvgIpc) is 2.77. The third-order valence-corrected chi connectivity index (χ3v) is 10.4. The van der Waals surface area contributed by atoms with Gasteiger partial charge >= 0.3 is 0 Å². The normalized spacial score (nSPS) is 28.8. The van der Waals surface area contributed by atoms with Crippen LogP contribution in [0.1, 0.15) is 6.92 Å². The molecule has 0 N–H and O–H groups in total. The van der Waals surface area contributed by atoms with Crippen molar-refractivity contribution in [3.05, 3.63) is 0 Å². The molecule has 0 amide bonds. The van der Waals surface area contributed by atoms with Crippen LogP contribution >= 0.6 is 14.1 Å². The fraction of sp³-hybridized carbons (Fsp3) is 1.00. The van der Waals surface area contributed by atoms with Gasteiger partial charge in [0.25, 0.3) is 14.1 Å². The van der Waals surface area contributed by atoms with Gasteiger partial charge in [-0.3, -0.25) is 0 Å². The van der Waals surface area contributed by atoms with Crippen molar-refractivity contribution in [3.63, 3.8) is 0 Å². The highest BCUT2D eigenvalue weighted by molar-refractivity contribution is 8.44. The van der Waals surface area contributed by atoms with Crippen LogP contribution in [0, 0.1) is 0 Å². The summed E-state index contributed by atoms with van der Waals surface area (Å²) < 4.78 is 23.8. The number of hydrogen-bond acceptors (Lipinski definition) is 7. The van der Waals surface area contributed by atoms with E-state index in [1.807, 2.05) is 11.4 Å². The molecule has 2 rings (SSSR count). The van der Waals surface area contributed by atoms with E-state index in [1.54, 1.807) is 0 Å². The van der Waals surface area contributed by atoms with Gasteiger partial charge in [-0.2, -0.15) is 0 Å². The Morgan fingerprint density at radius 1 is 0.933 bits per heavy atom. The molecule has 0 aromatic heterocycles. The van der Waals surface area contributed by atoms with Crippen LogP contribution in [0.25, 0.3) is 0 Å². The molecule has 0 bridgehead atoms. The zero-order valence-corrected chi connectivity index (χ0v) is 11.7. The van der Waals surface area contributed by atoms with Crippen LogP contribution in [0.2, 0.25) is 0 Å². The van der Waals surface area contributed by atoms with E-state index >= 15 is 0 Å². The maximum Gasteiger partial charge on any atom is 0.270 e. The molecule has 0 saturated carbocycles. The maximum atomic E-state index is 5.50. The minimum Gasteiger partial charge on any atom is -0.469 e. The SMILES string of the molecule is CCN([P+]1([S-])OCCO1)[P+]1([S-])OCCO1. The standard InChI is InChI=1S/C6H13NO4P2S2/c1-2-7(12(14)8-3-4-9-12)13(15)10-5-6-11-13/h2-6H2,1H3. The summed E-state index contributed by atoms with van der Waals surface area (Å²) in [5, 5.41) is 0. The summed E-state index contributed by atoms with van der Waals surface area (Å²) in [6, 6.07) is 0. The number of rotatable bonds is 3. The lowest BCUT2D eigenvalue weighted by molar-refractivity contribution is 0.341. The van der Waals surface area contributed by atoms with E-state index < -0.39 is 14.1 Å². The molecule has 0 radical (unpaired) electrons. The predicted octanol–water partition coefficient (Wildman–Crippen LogP) is 1.85. The second kappa shape index (κ2) is 4.92. The lowest BCUT2D eigenvalue weighted by Crippen LogP contribution is -2.23. The van der Waals surface area contributed by atoms with E-state index in [9.17, 15) is 0 Å². The molecule has 15 heavy (non-hydrogen) atoms. The first-order chi connectivity index (χ1) is 7.11. The lowest BCUT2D eigenvalue weighted by Gasteiger charge is -2.37. The first kappa shape index (κ1) is 12.8. The minimum absolute atomic E-state index is 0.531. The van der Waals surface area contributed by atoms with Crippen LogP contribution in [0.5, 0.6) is 0 Å². The minimum atomic E-state index is -2.43. The lowest BCUT2D eigenvalue weighted by atomic mass is 10.8. The molecule has 9 heteroatoms. The van der Waals surface area contributed by atoms with Gasteiger partial charge in [0.1, 0.15) is 26.4 Å². The van der Waals surface area contributed by atoms with Gasteiger partial charge in [0, 0.05) is 4.44 Å². The summed E-state index contributed by atoms with van der Waals surface area (Å²) in [5.41, 5.74) is 0. The van der Waals surface area contributed by atoms with Crippen molar-refractivity contribution in [3.8, 4) is 0 Å². The molecule has 0 aliphatic carbocycles. The smallest absolute Gasteiger partial charge is 0.270 e. The Hall–Kier alpha value is 1.36. The molecule has 2 aliphatic heterocycles. The van der Waals surface area contributed by atoms with Crippen LogP contribution in [-0.4, -0.2) is 37.4 Å². The van der Waals surface area contributed by atoms with Gasteiger partial charge < -0.3 is 24.5 Å². The van der Waals surface area contributed by atoms with Crippen molar-refractivity contribution in [2.75, 3.05) is 33.0 Å². The largest absolute Gasteiger partial charge is 0.469 e. The van der Waals surface area contributed by atoms with Crippen molar-refractivity contribution in [1.29, 1.82) is 0 Å². The Balaban J connectivity index is 2.15. The monoisotopic (exact) mass is 289 g/mol. The van der Waals surface area contributed by atoms with Crippen LogP contribution in [0.4, 0.5) is 0 Å². The molecule has 0 aromatic carbocycles. The van der Waals surface area contributed by atoms with Gasteiger partial charge in [-0.1, -0.05) is 0 Å². The molecule has 0 unspecified atom stereocenters. The second-order valence-electron chi connectivity index (χ2n) is 2.96. The van der Waals surface area contributed by atoms with Crippen molar-refractivity contribution in [2.45, 2.75) is 6.92 Å². The highest BCUT2D eigenvalue weighted by Gasteiger charge is 2.56. The fourth-order valence-electron chi connectivity index (χ4n) is 1.43. The quantitative estimate of drug-likeness (QED) is 0.580. The Labute approximate surface area is 101 Å². The van der Waals surface area contributed by atoms with Crippen LogP contribution < -0.4 is 0 Å². The first-order valence-electron chi connectivity index (χ1n) is 4.67. The molecule has 2 fully saturated rings. The Morgan fingerprint density at radius 2 is 1.27 bits per heavy atom. The van der Waals surface area contributed by atoms with Crippen LogP contribution in [0.3, 0.4) is 0 Å². The third kappa shape index (κ3) is 2.46. The van der Waals surface area contributed by atoms with Crippen LogP contribution in [0.15, 0.2) is 0 Å². The van der Waals surface area contributed by atoms with Crippen molar-refractivity contribution in [2.24, 2.45) is 0 Å². The third-order valence-electron chi connectivity index (χ3n) is 2.03. The van der Waals surface area contributed by atoms with Gasteiger partial charge in [-0.15, -0.1) is 0 Å². The van der Waals surface area contributed by atoms with Crippen molar-refractivity contribution >= 4 is 38.6 Å². The van der Waals surface area contributed by atoms with E-state index in [2.05, 4.69) is 0 Å². The molecule has 2 heterocycles. The van der Waals surface area contributed by atoms with Crippen molar-refractivity contribution < 1.29 is 18.1 Å². The molecule has 5 nitrogen and oxygen atoms in total. The van der Waals surface area contributed by atoms with Gasteiger partial charge in [0.05, 0.1) is 6.54 Å². The van der Waals surface area contributed by atoms with E-state index in [-0.39, 0.29) is 0 Å². The molecule has 0 aromatic rings. The van der Waals surface area contributed by atoms with Crippen LogP contribution in [-0.2, 0) is 42.6 Å². The highest BCUT2D eigenvalue weighted by atomic mass is 32.7. The predicted molar refractivity (Wildman–Crippen MR) is 64.8 cm³/mol. The zero-order chi connectivity index (χ0) is 10.9.